The summed E-state index contributed by atoms with van der Waals surface area (Å²) < 4.78 is 17.0. The SMILES string of the molecule is O=[Si]([O-])[O-].O=[Si]([O-])[O-].[Pb+2].[Zn+2]. The van der Waals surface area contributed by atoms with Crippen LogP contribution in [0.3, 0.4) is 0 Å². The summed E-state index contributed by atoms with van der Waals surface area (Å²) in [7, 11) is -7.26. The van der Waals surface area contributed by atoms with Gasteiger partial charge < -0.3 is 28.1 Å². The van der Waals surface area contributed by atoms with Gasteiger partial charge in [0.1, 0.15) is 0 Å². The van der Waals surface area contributed by atoms with Crippen LogP contribution in [0.25, 0.3) is 0 Å². The van der Waals surface area contributed by atoms with E-state index in [1.54, 1.807) is 0 Å². The monoisotopic (exact) mass is 424 g/mol. The third-order valence-corrected chi connectivity index (χ3v) is 0. The molecule has 0 rings (SSSR count). The minimum atomic E-state index is -3.63. The summed E-state index contributed by atoms with van der Waals surface area (Å²) in [5.74, 6) is 0. The molecule has 0 saturated heterocycles. The first kappa shape index (κ1) is 22.4. The number of hydrogen-bond donors (Lipinski definition) is 0. The molecule has 0 fully saturated rings. The largest absolute Gasteiger partial charge is 2.00 e. The van der Waals surface area contributed by atoms with Crippen LogP contribution in [0.15, 0.2) is 0 Å². The van der Waals surface area contributed by atoms with Crippen LogP contribution in [0.1, 0.15) is 0 Å². The van der Waals surface area contributed by atoms with Gasteiger partial charge in [-0.15, -0.1) is 0 Å². The molecule has 0 aromatic rings. The van der Waals surface area contributed by atoms with Gasteiger partial charge in [0.15, 0.2) is 0 Å². The summed E-state index contributed by atoms with van der Waals surface area (Å²) in [4.78, 5) is 34.1. The van der Waals surface area contributed by atoms with Gasteiger partial charge in [-0.25, -0.2) is 0 Å². The zero-order valence-electron chi connectivity index (χ0n) is 4.66. The second-order valence-corrected chi connectivity index (χ2v) is 1.50. The third-order valence-electron chi connectivity index (χ3n) is 0. The predicted octanol–water partition coefficient (Wildman–Crippen LogP) is -6.14. The van der Waals surface area contributed by atoms with Gasteiger partial charge in [0.05, 0.1) is 0 Å². The van der Waals surface area contributed by atoms with Gasteiger partial charge >= 0.3 is 46.8 Å². The van der Waals surface area contributed by atoms with E-state index in [-0.39, 0.29) is 46.8 Å². The summed E-state index contributed by atoms with van der Waals surface area (Å²) in [5.41, 5.74) is 0. The molecule has 10 heavy (non-hydrogen) atoms. The Balaban J connectivity index is -0.0000000300. The van der Waals surface area contributed by atoms with Crippen molar-refractivity contribution in [2.45, 2.75) is 0 Å². The van der Waals surface area contributed by atoms with Crippen LogP contribution in [0.4, 0.5) is 0 Å². The van der Waals surface area contributed by atoms with Crippen molar-refractivity contribution in [3.8, 4) is 0 Å². The van der Waals surface area contributed by atoms with E-state index in [0.29, 0.717) is 0 Å². The summed E-state index contributed by atoms with van der Waals surface area (Å²) >= 11 is 0. The average Bonchev–Trinajstić information content (AvgIpc) is 1.25. The van der Waals surface area contributed by atoms with Crippen molar-refractivity contribution < 1.29 is 47.6 Å². The molecule has 0 unspecified atom stereocenters. The first-order valence-electron chi connectivity index (χ1n) is 1.22. The maximum absolute atomic E-state index is 8.52. The van der Waals surface area contributed by atoms with Crippen molar-refractivity contribution in [1.29, 1.82) is 0 Å². The Morgan fingerprint density at radius 3 is 0.800 bits per heavy atom. The Bertz CT molecular complexity index is 73.7. The van der Waals surface area contributed by atoms with E-state index < -0.39 is 18.3 Å². The smallest absolute Gasteiger partial charge is 0.672 e. The van der Waals surface area contributed by atoms with E-state index in [1.807, 2.05) is 0 Å². The van der Waals surface area contributed by atoms with Gasteiger partial charge in [-0.05, 0) is 0 Å². The Kier molecular flexibility index (Phi) is 36.8. The number of rotatable bonds is 0. The van der Waals surface area contributed by atoms with Crippen LogP contribution in [-0.2, 0) is 28.4 Å². The molecular weight excluding hydrogens is 425 g/mol. The van der Waals surface area contributed by atoms with Crippen molar-refractivity contribution in [2.75, 3.05) is 0 Å². The standard InChI is InChI=1S/2O3Si.Pb.Zn/c2*1-4(2)3;;/q2*-2;2*+2. The molecule has 0 aromatic carbocycles. The molecule has 0 atom stereocenters. The molecule has 0 aromatic heterocycles. The third kappa shape index (κ3) is 875. The van der Waals surface area contributed by atoms with Crippen LogP contribution in [-0.4, -0.2) is 45.6 Å². The molecule has 0 aliphatic carbocycles. The second-order valence-electron chi connectivity index (χ2n) is 0.500. The quantitative estimate of drug-likeness (QED) is 0.356. The molecular formula is O6PbSi2Zn. The van der Waals surface area contributed by atoms with Crippen molar-refractivity contribution in [2.24, 2.45) is 0 Å². The predicted molar refractivity (Wildman–Crippen MR) is 18.6 cm³/mol. The summed E-state index contributed by atoms with van der Waals surface area (Å²) in [6.45, 7) is 0. The summed E-state index contributed by atoms with van der Waals surface area (Å²) in [5, 5.41) is 0. The molecule has 50 valence electrons. The maximum atomic E-state index is 8.52. The topological polar surface area (TPSA) is 126 Å². The van der Waals surface area contributed by atoms with Crippen LogP contribution in [0.2, 0.25) is 0 Å². The zero-order chi connectivity index (χ0) is 7.15. The maximum Gasteiger partial charge on any atom is 2.00 e. The first-order valence-corrected chi connectivity index (χ1v) is 3.67. The molecule has 0 N–H and O–H groups in total. The number of hydrogen-bond acceptors (Lipinski definition) is 6. The fourth-order valence-electron chi connectivity index (χ4n) is 0. The molecule has 2 radical (unpaired) electrons. The summed E-state index contributed by atoms with van der Waals surface area (Å²) in [6, 6.07) is 0. The Morgan fingerprint density at radius 1 is 0.800 bits per heavy atom. The minimum absolute atomic E-state index is 0. The molecule has 6 nitrogen and oxygen atoms in total. The summed E-state index contributed by atoms with van der Waals surface area (Å²) in [6.07, 6.45) is 0. The molecule has 0 aliphatic rings. The van der Waals surface area contributed by atoms with Crippen LogP contribution < -0.4 is 19.2 Å². The molecule has 0 aliphatic heterocycles. The molecule has 0 saturated carbocycles. The molecule has 0 spiro atoms. The van der Waals surface area contributed by atoms with Crippen LogP contribution in [0, 0.1) is 0 Å². The van der Waals surface area contributed by atoms with Gasteiger partial charge in [0, 0.05) is 18.3 Å². The van der Waals surface area contributed by atoms with Gasteiger partial charge in [-0.2, -0.15) is 0 Å². The fourth-order valence-corrected chi connectivity index (χ4v) is 0. The minimum Gasteiger partial charge on any atom is -0.672 e. The van der Waals surface area contributed by atoms with Crippen molar-refractivity contribution in [3.05, 3.63) is 0 Å². The average molecular weight is 425 g/mol. The van der Waals surface area contributed by atoms with Crippen molar-refractivity contribution in [1.82, 2.24) is 0 Å². The van der Waals surface area contributed by atoms with E-state index in [2.05, 4.69) is 0 Å². The van der Waals surface area contributed by atoms with E-state index in [0.717, 1.165) is 0 Å². The Morgan fingerprint density at radius 2 is 0.800 bits per heavy atom. The normalized spacial score (nSPS) is 4.80. The molecule has 10 heteroatoms. The Labute approximate surface area is 92.6 Å². The molecule has 0 heterocycles. The van der Waals surface area contributed by atoms with Crippen molar-refractivity contribution >= 4 is 45.6 Å². The Hall–Kier alpha value is 0.779. The zero-order valence-corrected chi connectivity index (χ0v) is 13.5. The van der Waals surface area contributed by atoms with E-state index >= 15 is 0 Å². The van der Waals surface area contributed by atoms with Gasteiger partial charge in [0.2, 0.25) is 0 Å². The van der Waals surface area contributed by atoms with Gasteiger partial charge in [-0.1, -0.05) is 0 Å². The molecule has 0 amide bonds. The fraction of sp³-hybridized carbons (Fsp3) is 0. The second kappa shape index (κ2) is 16.4. The van der Waals surface area contributed by atoms with E-state index in [9.17, 15) is 0 Å². The van der Waals surface area contributed by atoms with E-state index in [4.69, 9.17) is 28.1 Å². The van der Waals surface area contributed by atoms with E-state index in [1.165, 1.54) is 0 Å². The van der Waals surface area contributed by atoms with Crippen molar-refractivity contribution in [3.63, 3.8) is 0 Å². The van der Waals surface area contributed by atoms with Gasteiger partial charge in [0.25, 0.3) is 0 Å². The van der Waals surface area contributed by atoms with Crippen LogP contribution >= 0.6 is 0 Å². The van der Waals surface area contributed by atoms with Crippen LogP contribution in [0.5, 0.6) is 0 Å². The first-order chi connectivity index (χ1) is 3.46. The van der Waals surface area contributed by atoms with Gasteiger partial charge in [-0.3, -0.25) is 0 Å². The molecule has 0 bridgehead atoms.